The zero-order chi connectivity index (χ0) is 22.7. The molecule has 4 heterocycles. The lowest BCUT2D eigenvalue weighted by molar-refractivity contribution is 0.431. The minimum Gasteiger partial charge on any atom is -0.455 e. The number of hydrogen-bond acceptors (Lipinski definition) is 7. The van der Waals surface area contributed by atoms with Crippen molar-refractivity contribution in [1.29, 1.82) is 0 Å². The highest BCUT2D eigenvalue weighted by Crippen LogP contribution is 2.31. The van der Waals surface area contributed by atoms with E-state index in [-0.39, 0.29) is 0 Å². The van der Waals surface area contributed by atoms with Crippen LogP contribution in [0.15, 0.2) is 54.7 Å². The maximum atomic E-state index is 5.93. The molecule has 0 saturated carbocycles. The number of halogens is 1. The average Bonchev–Trinajstić information content (AvgIpc) is 2.74. The first kappa shape index (κ1) is 21.5. The van der Waals surface area contributed by atoms with Crippen molar-refractivity contribution in [2.45, 2.75) is 27.7 Å². The second-order valence-corrected chi connectivity index (χ2v) is 7.51. The Bertz CT molecular complexity index is 1280. The molecule has 8 heteroatoms. The minimum absolute atomic E-state index is 0.359. The van der Waals surface area contributed by atoms with Crippen LogP contribution in [-0.2, 0) is 0 Å². The number of aromatic nitrogens is 4. The largest absolute Gasteiger partial charge is 0.455 e. The van der Waals surface area contributed by atoms with Gasteiger partial charge in [-0.15, -0.1) is 0 Å². The fourth-order valence-electron chi connectivity index (χ4n) is 2.96. The molecule has 0 fully saturated rings. The van der Waals surface area contributed by atoms with Crippen LogP contribution in [0.1, 0.15) is 22.8 Å². The summed E-state index contributed by atoms with van der Waals surface area (Å²) in [5, 5.41) is 0.359. The molecule has 0 amide bonds. The van der Waals surface area contributed by atoms with E-state index in [0.29, 0.717) is 51.3 Å². The maximum absolute atomic E-state index is 5.93. The Kier molecular flexibility index (Phi) is 6.18. The van der Waals surface area contributed by atoms with Crippen molar-refractivity contribution in [3.63, 3.8) is 0 Å². The summed E-state index contributed by atoms with van der Waals surface area (Å²) in [6.07, 6.45) is 1.58. The standard InChI is InChI=1S/C24H21ClN4O3/c1-14-5-6-20(15(2)27-14)31-24-10-8-21(17(4)29-24)32-23-9-7-19(16(3)28-23)30-18-11-12-26-22(25)13-18/h5-13H,1-4H3. The van der Waals surface area contributed by atoms with Gasteiger partial charge in [-0.3, -0.25) is 4.98 Å². The number of pyridine rings is 4. The van der Waals surface area contributed by atoms with E-state index in [1.54, 1.807) is 42.6 Å². The van der Waals surface area contributed by atoms with Gasteiger partial charge >= 0.3 is 0 Å². The summed E-state index contributed by atoms with van der Waals surface area (Å²) in [5.41, 5.74) is 3.09. The Morgan fingerprint density at radius 2 is 1.16 bits per heavy atom. The van der Waals surface area contributed by atoms with Gasteiger partial charge < -0.3 is 14.2 Å². The zero-order valence-corrected chi connectivity index (χ0v) is 18.8. The van der Waals surface area contributed by atoms with Crippen molar-refractivity contribution >= 4 is 11.6 Å². The summed E-state index contributed by atoms with van der Waals surface area (Å²) in [5.74, 6) is 3.32. The lowest BCUT2D eigenvalue weighted by Gasteiger charge is -2.12. The second-order valence-electron chi connectivity index (χ2n) is 7.12. The molecular weight excluding hydrogens is 428 g/mol. The van der Waals surface area contributed by atoms with Crippen molar-refractivity contribution in [2.24, 2.45) is 0 Å². The van der Waals surface area contributed by atoms with Crippen LogP contribution < -0.4 is 14.2 Å². The van der Waals surface area contributed by atoms with Crippen molar-refractivity contribution < 1.29 is 14.2 Å². The van der Waals surface area contributed by atoms with Crippen LogP contribution in [0.3, 0.4) is 0 Å². The molecule has 162 valence electrons. The minimum atomic E-state index is 0.359. The third-order valence-electron chi connectivity index (χ3n) is 4.56. The Balaban J connectivity index is 1.47. The quantitative estimate of drug-likeness (QED) is 0.310. The highest BCUT2D eigenvalue weighted by molar-refractivity contribution is 6.29. The van der Waals surface area contributed by atoms with Crippen LogP contribution in [0.25, 0.3) is 0 Å². The smallest absolute Gasteiger partial charge is 0.219 e. The lowest BCUT2D eigenvalue weighted by atomic mass is 10.3. The van der Waals surface area contributed by atoms with E-state index in [2.05, 4.69) is 19.9 Å². The SMILES string of the molecule is Cc1ccc(Oc2ccc(Oc3ccc(Oc4ccnc(Cl)c4)c(C)n3)c(C)n2)c(C)n1. The van der Waals surface area contributed by atoms with Gasteiger partial charge in [0.25, 0.3) is 0 Å². The van der Waals surface area contributed by atoms with Crippen LogP contribution in [0.4, 0.5) is 0 Å². The molecule has 0 aliphatic rings. The second kappa shape index (κ2) is 9.20. The molecule has 32 heavy (non-hydrogen) atoms. The van der Waals surface area contributed by atoms with Gasteiger partial charge in [-0.1, -0.05) is 11.6 Å². The summed E-state index contributed by atoms with van der Waals surface area (Å²) in [6.45, 7) is 7.52. The summed E-state index contributed by atoms with van der Waals surface area (Å²) < 4.78 is 17.6. The molecular formula is C24H21ClN4O3. The molecule has 4 aromatic rings. The lowest BCUT2D eigenvalue weighted by Crippen LogP contribution is -1.98. The first-order valence-corrected chi connectivity index (χ1v) is 10.3. The molecule has 0 atom stereocenters. The van der Waals surface area contributed by atoms with E-state index in [1.807, 2.05) is 39.8 Å². The Hall–Kier alpha value is -3.71. The molecule has 0 aliphatic carbocycles. The third-order valence-corrected chi connectivity index (χ3v) is 4.76. The summed E-state index contributed by atoms with van der Waals surface area (Å²) in [7, 11) is 0. The van der Waals surface area contributed by atoms with E-state index >= 15 is 0 Å². The summed E-state index contributed by atoms with van der Waals surface area (Å²) >= 11 is 5.91. The van der Waals surface area contributed by atoms with E-state index in [1.165, 1.54) is 0 Å². The topological polar surface area (TPSA) is 79.2 Å². The summed E-state index contributed by atoms with van der Waals surface area (Å²) in [4.78, 5) is 17.3. The van der Waals surface area contributed by atoms with Crippen LogP contribution in [0.5, 0.6) is 34.8 Å². The molecule has 0 radical (unpaired) electrons. The van der Waals surface area contributed by atoms with Crippen LogP contribution in [0.2, 0.25) is 5.15 Å². The fraction of sp³-hybridized carbons (Fsp3) is 0.167. The van der Waals surface area contributed by atoms with Crippen molar-refractivity contribution in [3.8, 4) is 34.8 Å². The first-order valence-electron chi connectivity index (χ1n) is 9.92. The number of aryl methyl sites for hydroxylation is 4. The Morgan fingerprint density at radius 1 is 0.625 bits per heavy atom. The van der Waals surface area contributed by atoms with Gasteiger partial charge in [0.05, 0.1) is 17.1 Å². The third kappa shape index (κ3) is 5.12. The van der Waals surface area contributed by atoms with E-state index < -0.39 is 0 Å². The molecule has 0 saturated heterocycles. The Labute approximate surface area is 191 Å². The molecule has 0 aliphatic heterocycles. The number of hydrogen-bond donors (Lipinski definition) is 0. The van der Waals surface area contributed by atoms with E-state index in [0.717, 1.165) is 11.4 Å². The van der Waals surface area contributed by atoms with Gasteiger partial charge in [0.2, 0.25) is 11.8 Å². The summed E-state index contributed by atoms with van der Waals surface area (Å²) in [6, 6.07) is 14.2. The van der Waals surface area contributed by atoms with E-state index in [4.69, 9.17) is 25.8 Å². The monoisotopic (exact) mass is 448 g/mol. The highest BCUT2D eigenvalue weighted by Gasteiger charge is 2.11. The first-order chi connectivity index (χ1) is 15.4. The molecule has 0 bridgehead atoms. The van der Waals surface area contributed by atoms with Crippen LogP contribution in [0, 0.1) is 27.7 Å². The predicted molar refractivity (Wildman–Crippen MR) is 121 cm³/mol. The predicted octanol–water partition coefficient (Wildman–Crippen LogP) is 6.53. The highest BCUT2D eigenvalue weighted by atomic mass is 35.5. The molecule has 0 unspecified atom stereocenters. The maximum Gasteiger partial charge on any atom is 0.219 e. The zero-order valence-electron chi connectivity index (χ0n) is 18.1. The normalized spacial score (nSPS) is 10.7. The Morgan fingerprint density at radius 3 is 1.69 bits per heavy atom. The van der Waals surface area contributed by atoms with Gasteiger partial charge in [-0.2, -0.15) is 0 Å². The van der Waals surface area contributed by atoms with Crippen LogP contribution in [-0.4, -0.2) is 19.9 Å². The molecule has 7 nitrogen and oxygen atoms in total. The van der Waals surface area contributed by atoms with Crippen LogP contribution >= 0.6 is 11.6 Å². The van der Waals surface area contributed by atoms with Crippen molar-refractivity contribution in [3.05, 3.63) is 82.7 Å². The van der Waals surface area contributed by atoms with Gasteiger partial charge in [0.1, 0.15) is 16.7 Å². The molecule has 4 rings (SSSR count). The van der Waals surface area contributed by atoms with Gasteiger partial charge in [-0.25, -0.2) is 15.0 Å². The molecule has 0 N–H and O–H groups in total. The number of nitrogens with zero attached hydrogens (tertiary/aromatic N) is 4. The van der Waals surface area contributed by atoms with Gasteiger partial charge in [0, 0.05) is 30.1 Å². The van der Waals surface area contributed by atoms with E-state index in [9.17, 15) is 0 Å². The number of ether oxygens (including phenoxy) is 3. The molecule has 0 spiro atoms. The molecule has 4 aromatic heterocycles. The van der Waals surface area contributed by atoms with Gasteiger partial charge in [-0.05, 0) is 58.0 Å². The fourth-order valence-corrected chi connectivity index (χ4v) is 3.13. The molecule has 0 aromatic carbocycles. The average molecular weight is 449 g/mol. The van der Waals surface area contributed by atoms with Gasteiger partial charge in [0.15, 0.2) is 11.5 Å². The van der Waals surface area contributed by atoms with Crippen molar-refractivity contribution in [1.82, 2.24) is 19.9 Å². The number of rotatable bonds is 6. The van der Waals surface area contributed by atoms with Crippen molar-refractivity contribution in [2.75, 3.05) is 0 Å².